The summed E-state index contributed by atoms with van der Waals surface area (Å²) in [7, 11) is 0. The number of ether oxygens (including phenoxy) is 1. The van der Waals surface area contributed by atoms with Crippen molar-refractivity contribution < 1.29 is 14.3 Å². The summed E-state index contributed by atoms with van der Waals surface area (Å²) in [6.45, 7) is 1.85. The van der Waals surface area contributed by atoms with Gasteiger partial charge in [0.05, 0.1) is 5.52 Å². The molecule has 24 heavy (non-hydrogen) atoms. The van der Waals surface area contributed by atoms with Crippen LogP contribution >= 0.6 is 0 Å². The number of para-hydroxylation sites is 1. The van der Waals surface area contributed by atoms with E-state index in [9.17, 15) is 9.59 Å². The van der Waals surface area contributed by atoms with Crippen LogP contribution in [0.25, 0.3) is 10.9 Å². The zero-order valence-corrected chi connectivity index (χ0v) is 13.2. The third-order valence-electron chi connectivity index (χ3n) is 3.60. The Bertz CT molecular complexity index is 901. The van der Waals surface area contributed by atoms with Crippen LogP contribution in [0.1, 0.15) is 22.8 Å². The van der Waals surface area contributed by atoms with Gasteiger partial charge in [-0.1, -0.05) is 24.3 Å². The predicted octanol–water partition coefficient (Wildman–Crippen LogP) is 3.58. The molecule has 1 heterocycles. The number of nitrogens with zero attached hydrogens (tertiary/aromatic N) is 1. The number of hydrogen-bond donors (Lipinski definition) is 1. The summed E-state index contributed by atoms with van der Waals surface area (Å²) in [4.78, 5) is 26.7. The molecule has 5 heteroatoms. The Balaban J connectivity index is 1.83. The SMILES string of the molecule is CC(=O)Oc1ccc(NCc2cccc3cccnc23)c(C=O)c1. The first-order valence-corrected chi connectivity index (χ1v) is 7.51. The zero-order chi connectivity index (χ0) is 16.9. The third kappa shape index (κ3) is 3.41. The van der Waals surface area contributed by atoms with E-state index in [0.29, 0.717) is 23.5 Å². The maximum absolute atomic E-state index is 11.3. The first-order chi connectivity index (χ1) is 11.7. The summed E-state index contributed by atoms with van der Waals surface area (Å²) < 4.78 is 5.00. The summed E-state index contributed by atoms with van der Waals surface area (Å²) in [6, 6.07) is 14.8. The van der Waals surface area contributed by atoms with Gasteiger partial charge in [0.1, 0.15) is 5.75 Å². The lowest BCUT2D eigenvalue weighted by Crippen LogP contribution is -2.05. The molecule has 1 aromatic heterocycles. The van der Waals surface area contributed by atoms with Crippen LogP contribution in [0.15, 0.2) is 54.7 Å². The molecule has 0 saturated carbocycles. The van der Waals surface area contributed by atoms with E-state index in [1.807, 2.05) is 30.3 Å². The number of aromatic nitrogens is 1. The standard InChI is InChI=1S/C19H16N2O3/c1-13(23)24-17-7-8-18(16(10-17)12-22)21-11-15-5-2-4-14-6-3-9-20-19(14)15/h2-10,12,21H,11H2,1H3. The van der Waals surface area contributed by atoms with E-state index in [2.05, 4.69) is 10.3 Å². The highest BCUT2D eigenvalue weighted by Crippen LogP contribution is 2.23. The Hall–Kier alpha value is -3.21. The van der Waals surface area contributed by atoms with Gasteiger partial charge in [-0.05, 0) is 29.8 Å². The van der Waals surface area contributed by atoms with Crippen molar-refractivity contribution in [1.29, 1.82) is 0 Å². The molecule has 0 saturated heterocycles. The second kappa shape index (κ2) is 6.91. The van der Waals surface area contributed by atoms with Gasteiger partial charge in [-0.3, -0.25) is 14.6 Å². The lowest BCUT2D eigenvalue weighted by atomic mass is 10.1. The smallest absolute Gasteiger partial charge is 0.308 e. The average molecular weight is 320 g/mol. The first-order valence-electron chi connectivity index (χ1n) is 7.51. The molecule has 3 rings (SSSR count). The second-order valence-corrected chi connectivity index (χ2v) is 5.31. The minimum absolute atomic E-state index is 0.349. The molecule has 0 fully saturated rings. The van der Waals surface area contributed by atoms with Crippen LogP contribution in [-0.2, 0) is 11.3 Å². The second-order valence-electron chi connectivity index (χ2n) is 5.31. The largest absolute Gasteiger partial charge is 0.427 e. The maximum Gasteiger partial charge on any atom is 0.308 e. The van der Waals surface area contributed by atoms with Crippen LogP contribution < -0.4 is 10.1 Å². The van der Waals surface area contributed by atoms with Gasteiger partial charge in [-0.15, -0.1) is 0 Å². The number of hydrogen-bond acceptors (Lipinski definition) is 5. The summed E-state index contributed by atoms with van der Waals surface area (Å²) >= 11 is 0. The molecule has 120 valence electrons. The van der Waals surface area contributed by atoms with Gasteiger partial charge >= 0.3 is 5.97 Å². The molecule has 0 aliphatic carbocycles. The normalized spacial score (nSPS) is 10.4. The summed E-state index contributed by atoms with van der Waals surface area (Å²) in [5.41, 5.74) is 3.07. The van der Waals surface area contributed by atoms with Gasteiger partial charge in [-0.2, -0.15) is 0 Å². The molecule has 0 bridgehead atoms. The van der Waals surface area contributed by atoms with E-state index >= 15 is 0 Å². The van der Waals surface area contributed by atoms with Crippen LogP contribution in [0.3, 0.4) is 0 Å². The molecular formula is C19H16N2O3. The summed E-state index contributed by atoms with van der Waals surface area (Å²) in [5, 5.41) is 4.31. The monoisotopic (exact) mass is 320 g/mol. The van der Waals surface area contributed by atoms with E-state index in [1.54, 1.807) is 18.3 Å². The minimum Gasteiger partial charge on any atom is -0.427 e. The number of carbonyl (C=O) groups excluding carboxylic acids is 2. The first kappa shape index (κ1) is 15.7. The van der Waals surface area contributed by atoms with Crippen LogP contribution in [0.4, 0.5) is 5.69 Å². The van der Waals surface area contributed by atoms with Crippen molar-refractivity contribution in [1.82, 2.24) is 4.98 Å². The third-order valence-corrected chi connectivity index (χ3v) is 3.60. The predicted molar refractivity (Wildman–Crippen MR) is 92.2 cm³/mol. The summed E-state index contributed by atoms with van der Waals surface area (Å²) in [6.07, 6.45) is 2.49. The molecule has 3 aromatic rings. The van der Waals surface area contributed by atoms with Gasteiger partial charge < -0.3 is 10.1 Å². The fourth-order valence-electron chi connectivity index (χ4n) is 2.53. The van der Waals surface area contributed by atoms with Gasteiger partial charge in [-0.25, -0.2) is 0 Å². The van der Waals surface area contributed by atoms with Crippen molar-refractivity contribution >= 4 is 28.8 Å². The molecule has 0 atom stereocenters. The molecule has 1 N–H and O–H groups in total. The highest BCUT2D eigenvalue weighted by molar-refractivity contribution is 5.86. The average Bonchev–Trinajstić information content (AvgIpc) is 2.60. The molecule has 2 aromatic carbocycles. The molecule has 0 aliphatic heterocycles. The van der Waals surface area contributed by atoms with Crippen molar-refractivity contribution in [3.8, 4) is 5.75 Å². The quantitative estimate of drug-likeness (QED) is 0.442. The molecule has 0 spiro atoms. The van der Waals surface area contributed by atoms with E-state index in [4.69, 9.17) is 4.74 Å². The maximum atomic E-state index is 11.3. The number of pyridine rings is 1. The van der Waals surface area contributed by atoms with Crippen molar-refractivity contribution in [3.05, 3.63) is 65.9 Å². The Labute approximate surface area is 139 Å². The van der Waals surface area contributed by atoms with Crippen molar-refractivity contribution in [2.45, 2.75) is 13.5 Å². The van der Waals surface area contributed by atoms with Gasteiger partial charge in [0, 0.05) is 36.3 Å². The number of fused-ring (bicyclic) bond motifs is 1. The Morgan fingerprint density at radius 3 is 2.83 bits per heavy atom. The minimum atomic E-state index is -0.422. The Morgan fingerprint density at radius 1 is 1.21 bits per heavy atom. The Kier molecular flexibility index (Phi) is 4.52. The van der Waals surface area contributed by atoms with Crippen LogP contribution in [-0.4, -0.2) is 17.2 Å². The van der Waals surface area contributed by atoms with Gasteiger partial charge in [0.2, 0.25) is 0 Å². The highest BCUT2D eigenvalue weighted by Gasteiger charge is 2.07. The van der Waals surface area contributed by atoms with Crippen LogP contribution in [0.2, 0.25) is 0 Å². The molecular weight excluding hydrogens is 304 g/mol. The van der Waals surface area contributed by atoms with Gasteiger partial charge in [0.25, 0.3) is 0 Å². The number of aldehydes is 1. The van der Waals surface area contributed by atoms with E-state index in [1.165, 1.54) is 13.0 Å². The molecule has 0 amide bonds. The summed E-state index contributed by atoms with van der Waals surface area (Å²) in [5.74, 6) is -0.0728. The topological polar surface area (TPSA) is 68.3 Å². The lowest BCUT2D eigenvalue weighted by molar-refractivity contribution is -0.131. The number of rotatable bonds is 5. The Morgan fingerprint density at radius 2 is 2.04 bits per heavy atom. The number of carbonyl (C=O) groups is 2. The molecule has 5 nitrogen and oxygen atoms in total. The number of benzene rings is 2. The number of nitrogens with one attached hydrogen (secondary N) is 1. The number of esters is 1. The molecule has 0 unspecified atom stereocenters. The molecule has 0 aliphatic rings. The van der Waals surface area contributed by atoms with E-state index in [0.717, 1.165) is 22.8 Å². The molecule has 0 radical (unpaired) electrons. The van der Waals surface area contributed by atoms with Crippen LogP contribution in [0, 0.1) is 0 Å². The van der Waals surface area contributed by atoms with Crippen molar-refractivity contribution in [2.24, 2.45) is 0 Å². The van der Waals surface area contributed by atoms with Crippen LogP contribution in [0.5, 0.6) is 5.75 Å². The van der Waals surface area contributed by atoms with Gasteiger partial charge in [0.15, 0.2) is 6.29 Å². The lowest BCUT2D eigenvalue weighted by Gasteiger charge is -2.11. The van der Waals surface area contributed by atoms with Crippen molar-refractivity contribution in [2.75, 3.05) is 5.32 Å². The fraction of sp³-hybridized carbons (Fsp3) is 0.105. The zero-order valence-electron chi connectivity index (χ0n) is 13.2. The van der Waals surface area contributed by atoms with E-state index < -0.39 is 5.97 Å². The van der Waals surface area contributed by atoms with E-state index in [-0.39, 0.29) is 0 Å². The number of anilines is 1. The fourth-order valence-corrected chi connectivity index (χ4v) is 2.53. The highest BCUT2D eigenvalue weighted by atomic mass is 16.5. The van der Waals surface area contributed by atoms with Crippen molar-refractivity contribution in [3.63, 3.8) is 0 Å².